The summed E-state index contributed by atoms with van der Waals surface area (Å²) in [6, 6.07) is 0. The summed E-state index contributed by atoms with van der Waals surface area (Å²) in [6.45, 7) is 6.08. The Morgan fingerprint density at radius 3 is 2.50 bits per heavy atom. The van der Waals surface area contributed by atoms with Gasteiger partial charge in [0.15, 0.2) is 0 Å². The second-order valence-corrected chi connectivity index (χ2v) is 3.71. The van der Waals surface area contributed by atoms with E-state index in [1.807, 2.05) is 0 Å². The van der Waals surface area contributed by atoms with Crippen molar-refractivity contribution in [3.05, 3.63) is 0 Å². The number of hydrogen-bond acceptors (Lipinski definition) is 2. The molecule has 2 N–H and O–H groups in total. The molecule has 0 fully saturated rings. The van der Waals surface area contributed by atoms with Crippen molar-refractivity contribution in [2.45, 2.75) is 26.7 Å². The Morgan fingerprint density at radius 2 is 2.20 bits per heavy atom. The van der Waals surface area contributed by atoms with Gasteiger partial charge in [0, 0.05) is 6.61 Å². The Balaban J connectivity index is 3.69. The normalized spacial score (nSPS) is 17.1. The highest BCUT2D eigenvalue weighted by molar-refractivity contribution is 5.97. The van der Waals surface area contributed by atoms with Crippen LogP contribution in [0, 0.1) is 5.41 Å². The minimum Gasteiger partial charge on any atom is -0.427 e. The topological polar surface area (TPSA) is 35.2 Å². The third-order valence-electron chi connectivity index (χ3n) is 2.09. The lowest BCUT2D eigenvalue weighted by molar-refractivity contribution is 0.159. The van der Waals surface area contributed by atoms with Gasteiger partial charge in [-0.05, 0) is 24.8 Å². The van der Waals surface area contributed by atoms with E-state index in [1.165, 1.54) is 0 Å². The summed E-state index contributed by atoms with van der Waals surface area (Å²) in [5.74, 6) is 0. The first-order chi connectivity index (χ1) is 4.68. The molecule has 0 amide bonds. The smallest absolute Gasteiger partial charge is 0.145 e. The summed E-state index contributed by atoms with van der Waals surface area (Å²) in [6.07, 6.45) is 2.23. The van der Waals surface area contributed by atoms with E-state index in [9.17, 15) is 0 Å². The Kier molecular flexibility index (Phi) is 4.94. The van der Waals surface area contributed by atoms with Gasteiger partial charge in [0.05, 0.1) is 0 Å². The quantitative estimate of drug-likeness (QED) is 0.578. The maximum atomic E-state index is 5.48. The number of hydrogen-bond donors (Lipinski definition) is 1. The second-order valence-electron chi connectivity index (χ2n) is 3.14. The maximum absolute atomic E-state index is 5.48. The minimum atomic E-state index is 0.330. The van der Waals surface area contributed by atoms with Gasteiger partial charge >= 0.3 is 0 Å². The fourth-order valence-corrected chi connectivity index (χ4v) is 1.74. The Hall–Kier alpha value is 0.137. The Morgan fingerprint density at radius 1 is 1.60 bits per heavy atom. The fourth-order valence-electron chi connectivity index (χ4n) is 1.05. The van der Waals surface area contributed by atoms with Gasteiger partial charge in [-0.1, -0.05) is 13.8 Å². The van der Waals surface area contributed by atoms with Crippen molar-refractivity contribution >= 4 is 10.5 Å². The molecule has 0 aliphatic heterocycles. The highest BCUT2D eigenvalue weighted by atomic mass is 28.2. The van der Waals surface area contributed by atoms with Gasteiger partial charge in [-0.25, -0.2) is 0 Å². The highest BCUT2D eigenvalue weighted by Gasteiger charge is 2.19. The molecule has 0 bridgehead atoms. The first kappa shape index (κ1) is 10.1. The predicted octanol–water partition coefficient (Wildman–Crippen LogP) is 0.0485. The van der Waals surface area contributed by atoms with Crippen LogP contribution >= 0.6 is 0 Å². The van der Waals surface area contributed by atoms with Gasteiger partial charge in [0.2, 0.25) is 0 Å². The zero-order valence-corrected chi connectivity index (χ0v) is 9.31. The zero-order valence-electron chi connectivity index (χ0n) is 7.31. The first-order valence-electron chi connectivity index (χ1n) is 3.87. The van der Waals surface area contributed by atoms with Gasteiger partial charge in [0.25, 0.3) is 0 Å². The van der Waals surface area contributed by atoms with E-state index in [2.05, 4.69) is 13.8 Å². The van der Waals surface area contributed by atoms with Gasteiger partial charge in [-0.2, -0.15) is 0 Å². The third kappa shape index (κ3) is 3.34. The van der Waals surface area contributed by atoms with Crippen LogP contribution in [0.1, 0.15) is 26.7 Å². The van der Waals surface area contributed by atoms with Crippen LogP contribution in [0.15, 0.2) is 0 Å². The van der Waals surface area contributed by atoms with Crippen LogP contribution in [0.2, 0.25) is 0 Å². The lowest BCUT2D eigenvalue weighted by Gasteiger charge is -2.26. The average molecular weight is 161 g/mol. The first-order valence-corrected chi connectivity index (χ1v) is 4.69. The minimum absolute atomic E-state index is 0.330. The van der Waals surface area contributed by atoms with Gasteiger partial charge in [-0.3, -0.25) is 0 Å². The SMILES string of the molecule is CCC(C)(CCN)CO[SiH3]. The summed E-state index contributed by atoms with van der Waals surface area (Å²) >= 11 is 0. The highest BCUT2D eigenvalue weighted by Crippen LogP contribution is 2.24. The average Bonchev–Trinajstić information content (AvgIpc) is 1.89. The Labute approximate surface area is 66.7 Å². The second kappa shape index (κ2) is 4.88. The molecule has 3 heteroatoms. The largest absolute Gasteiger partial charge is 0.427 e. The van der Waals surface area contributed by atoms with E-state index in [1.54, 1.807) is 0 Å². The van der Waals surface area contributed by atoms with Crippen molar-refractivity contribution in [1.82, 2.24) is 0 Å². The predicted molar refractivity (Wildman–Crippen MR) is 48.0 cm³/mol. The van der Waals surface area contributed by atoms with Crippen LogP contribution in [0.5, 0.6) is 0 Å². The van der Waals surface area contributed by atoms with Crippen LogP contribution in [-0.2, 0) is 4.43 Å². The van der Waals surface area contributed by atoms with Crippen molar-refractivity contribution in [3.8, 4) is 0 Å². The molecule has 1 atom stereocenters. The van der Waals surface area contributed by atoms with Gasteiger partial charge in [-0.15, -0.1) is 0 Å². The van der Waals surface area contributed by atoms with Crippen molar-refractivity contribution in [3.63, 3.8) is 0 Å². The van der Waals surface area contributed by atoms with Crippen molar-refractivity contribution in [2.75, 3.05) is 13.2 Å². The van der Waals surface area contributed by atoms with E-state index in [-0.39, 0.29) is 0 Å². The molecule has 0 rings (SSSR count). The van der Waals surface area contributed by atoms with Gasteiger partial charge in [0.1, 0.15) is 10.5 Å². The molecule has 2 nitrogen and oxygen atoms in total. The molecule has 0 radical (unpaired) electrons. The molecule has 0 heterocycles. The molecule has 62 valence electrons. The number of nitrogens with two attached hydrogens (primary N) is 1. The molecule has 0 spiro atoms. The molecule has 0 aromatic heterocycles. The van der Waals surface area contributed by atoms with E-state index < -0.39 is 0 Å². The molecule has 0 aromatic carbocycles. The van der Waals surface area contributed by atoms with E-state index in [4.69, 9.17) is 10.2 Å². The van der Waals surface area contributed by atoms with Crippen LogP contribution in [0.3, 0.4) is 0 Å². The molecule has 0 aromatic rings. The van der Waals surface area contributed by atoms with E-state index in [0.717, 1.165) is 36.5 Å². The zero-order chi connectivity index (χ0) is 8.04. The maximum Gasteiger partial charge on any atom is 0.145 e. The van der Waals surface area contributed by atoms with Gasteiger partial charge < -0.3 is 10.2 Å². The molecule has 10 heavy (non-hydrogen) atoms. The molecule has 0 aliphatic rings. The Bertz CT molecular complexity index is 81.7. The van der Waals surface area contributed by atoms with Crippen LogP contribution in [-0.4, -0.2) is 23.6 Å². The fraction of sp³-hybridized carbons (Fsp3) is 1.00. The molecule has 0 aliphatic carbocycles. The molecule has 0 saturated carbocycles. The monoisotopic (exact) mass is 161 g/mol. The van der Waals surface area contributed by atoms with Crippen LogP contribution in [0.25, 0.3) is 0 Å². The van der Waals surface area contributed by atoms with Crippen LogP contribution < -0.4 is 5.73 Å². The lowest BCUT2D eigenvalue weighted by Crippen LogP contribution is -2.25. The molecule has 0 saturated heterocycles. The summed E-state index contributed by atoms with van der Waals surface area (Å²) in [4.78, 5) is 0. The molecule has 1 unspecified atom stereocenters. The third-order valence-corrected chi connectivity index (χ3v) is 2.38. The summed E-state index contributed by atoms with van der Waals surface area (Å²) < 4.78 is 5.23. The lowest BCUT2D eigenvalue weighted by atomic mass is 9.85. The molecular weight excluding hydrogens is 142 g/mol. The van der Waals surface area contributed by atoms with Crippen molar-refractivity contribution in [1.29, 1.82) is 0 Å². The standard InChI is InChI=1S/C7H19NOSi/c1-3-7(2,4-5-8)6-9-10/h3-6,8H2,1-2,10H3. The van der Waals surface area contributed by atoms with E-state index in [0.29, 0.717) is 5.41 Å². The summed E-state index contributed by atoms with van der Waals surface area (Å²) in [7, 11) is 0.841. The summed E-state index contributed by atoms with van der Waals surface area (Å²) in [5.41, 5.74) is 5.81. The molecular formula is C7H19NOSi. The van der Waals surface area contributed by atoms with Crippen LogP contribution in [0.4, 0.5) is 0 Å². The van der Waals surface area contributed by atoms with Crippen molar-refractivity contribution < 1.29 is 4.43 Å². The van der Waals surface area contributed by atoms with Crippen molar-refractivity contribution in [2.24, 2.45) is 11.1 Å². The summed E-state index contributed by atoms with van der Waals surface area (Å²) in [5, 5.41) is 0. The van der Waals surface area contributed by atoms with E-state index >= 15 is 0 Å². The number of rotatable bonds is 5.